The number of aliphatic hydroxyl groups excluding tert-OH is 1. The molecule has 1 saturated heterocycles. The van der Waals surface area contributed by atoms with E-state index in [1.54, 1.807) is 18.5 Å². The summed E-state index contributed by atoms with van der Waals surface area (Å²) in [5, 5.41) is 11.4. The lowest BCUT2D eigenvalue weighted by Gasteiger charge is -2.37. The highest BCUT2D eigenvalue weighted by atomic mass is 32.2. The van der Waals surface area contributed by atoms with Crippen LogP contribution in [-0.2, 0) is 9.84 Å². The zero-order valence-electron chi connectivity index (χ0n) is 25.7. The van der Waals surface area contributed by atoms with Crippen LogP contribution in [0.25, 0.3) is 11.0 Å². The number of fused-ring (bicyclic) bond motifs is 1. The van der Waals surface area contributed by atoms with Crippen LogP contribution >= 0.6 is 0 Å². The van der Waals surface area contributed by atoms with Crippen molar-refractivity contribution < 1.29 is 22.7 Å². The minimum atomic E-state index is -2.67. The maximum atomic E-state index is 10.9. The number of likely N-dealkylation sites (tertiary alicyclic amines) is 1. The maximum absolute atomic E-state index is 10.9. The highest BCUT2D eigenvalue weighted by Crippen LogP contribution is 2.60. The number of pyridine rings is 1. The van der Waals surface area contributed by atoms with Gasteiger partial charge in [0.05, 0.1) is 6.20 Å². The Labute approximate surface area is 237 Å². The van der Waals surface area contributed by atoms with Crippen molar-refractivity contribution in [3.63, 3.8) is 0 Å². The van der Waals surface area contributed by atoms with Crippen molar-refractivity contribution >= 4 is 26.6 Å². The van der Waals surface area contributed by atoms with Gasteiger partial charge in [0.2, 0.25) is 0 Å². The lowest BCUT2D eigenvalue weighted by molar-refractivity contribution is -0.0372. The molecule has 8 heteroatoms. The molecule has 2 fully saturated rings. The summed E-state index contributed by atoms with van der Waals surface area (Å²) in [6.07, 6.45) is 16.9. The van der Waals surface area contributed by atoms with Gasteiger partial charge in [-0.3, -0.25) is 14.7 Å². The van der Waals surface area contributed by atoms with Crippen molar-refractivity contribution in [2.45, 2.75) is 106 Å². The first-order chi connectivity index (χ1) is 18.4. The SMILES string of the molecule is CC.CC(=O)c1cc2ccncc2o1.CCCC(CCC)CC(O)N1CCC2(CC1)CC2CC.CS(C)(=O)=O. The van der Waals surface area contributed by atoms with E-state index in [-0.39, 0.29) is 12.0 Å². The first-order valence-corrected chi connectivity index (χ1v) is 17.1. The van der Waals surface area contributed by atoms with Crippen LogP contribution in [0.4, 0.5) is 0 Å². The topological polar surface area (TPSA) is 101 Å². The van der Waals surface area contributed by atoms with Gasteiger partial charge in [-0.15, -0.1) is 0 Å². The number of hydrogen-bond donors (Lipinski definition) is 1. The number of rotatable bonds is 9. The summed E-state index contributed by atoms with van der Waals surface area (Å²) >= 11 is 0. The highest BCUT2D eigenvalue weighted by Gasteiger charge is 2.53. The number of aromatic nitrogens is 1. The van der Waals surface area contributed by atoms with Crippen molar-refractivity contribution in [3.05, 3.63) is 30.3 Å². The molecule has 2 atom stereocenters. The summed E-state index contributed by atoms with van der Waals surface area (Å²) in [7, 11) is -2.67. The molecule has 3 heterocycles. The lowest BCUT2D eigenvalue weighted by Crippen LogP contribution is -2.43. The van der Waals surface area contributed by atoms with Gasteiger partial charge in [0.25, 0.3) is 0 Å². The van der Waals surface area contributed by atoms with Gasteiger partial charge in [-0.1, -0.05) is 66.7 Å². The molecule has 1 N–H and O–H groups in total. The van der Waals surface area contributed by atoms with E-state index in [2.05, 4.69) is 30.7 Å². The van der Waals surface area contributed by atoms with E-state index < -0.39 is 9.84 Å². The Balaban J connectivity index is 0.000000338. The van der Waals surface area contributed by atoms with Crippen molar-refractivity contribution in [2.75, 3.05) is 25.6 Å². The average molecular weight is 567 g/mol. The van der Waals surface area contributed by atoms with Gasteiger partial charge in [0.15, 0.2) is 17.1 Å². The molecule has 2 aromatic heterocycles. The van der Waals surface area contributed by atoms with Crippen molar-refractivity contribution in [1.29, 1.82) is 0 Å². The molecule has 39 heavy (non-hydrogen) atoms. The molecule has 2 aromatic rings. The number of ketones is 1. The van der Waals surface area contributed by atoms with E-state index in [4.69, 9.17) is 4.42 Å². The molecule has 0 bridgehead atoms. The molecule has 0 radical (unpaired) electrons. The molecule has 224 valence electrons. The van der Waals surface area contributed by atoms with Gasteiger partial charge in [0.1, 0.15) is 16.1 Å². The Kier molecular flexibility index (Phi) is 15.5. The molecule has 1 saturated carbocycles. The molecule has 1 aliphatic heterocycles. The highest BCUT2D eigenvalue weighted by molar-refractivity contribution is 7.89. The molecule has 0 aromatic carbocycles. The summed E-state index contributed by atoms with van der Waals surface area (Å²) in [6.45, 7) is 14.6. The molecular formula is C31H54N2O5S. The number of furan rings is 1. The van der Waals surface area contributed by atoms with Crippen molar-refractivity contribution in [1.82, 2.24) is 9.88 Å². The Morgan fingerprint density at radius 1 is 1.15 bits per heavy atom. The third-order valence-corrected chi connectivity index (χ3v) is 7.67. The molecule has 1 spiro atoms. The van der Waals surface area contributed by atoms with Gasteiger partial charge in [-0.05, 0) is 55.1 Å². The van der Waals surface area contributed by atoms with Crippen LogP contribution in [-0.4, -0.2) is 61.0 Å². The number of sulfone groups is 1. The first-order valence-electron chi connectivity index (χ1n) is 14.8. The van der Waals surface area contributed by atoms with Crippen LogP contribution in [0.1, 0.15) is 110 Å². The van der Waals surface area contributed by atoms with E-state index in [9.17, 15) is 18.3 Å². The third-order valence-electron chi connectivity index (χ3n) is 7.67. The summed E-state index contributed by atoms with van der Waals surface area (Å²) in [5.74, 6) is 2.04. The fourth-order valence-electron chi connectivity index (χ4n) is 5.59. The van der Waals surface area contributed by atoms with Crippen LogP contribution in [0.5, 0.6) is 0 Å². The zero-order valence-corrected chi connectivity index (χ0v) is 26.5. The van der Waals surface area contributed by atoms with Gasteiger partial charge in [-0.25, -0.2) is 8.42 Å². The monoisotopic (exact) mass is 566 g/mol. The summed E-state index contributed by atoms with van der Waals surface area (Å²) in [5.41, 5.74) is 1.35. The Morgan fingerprint density at radius 2 is 1.72 bits per heavy atom. The standard InChI is InChI=1S/C18H35NO.C9H7NO2.C2H6O2S.C2H6/c1-4-7-15(8-5-2)13-17(20)19-11-9-18(10-12-19)14-16(18)6-3;1-6(11)8-4-7-2-3-10-5-9(7)12-8;1-5(2,3)4;1-2/h15-17,20H,4-14H2,1-3H3;2-5H,1H3;1-2H3;1-2H3. The van der Waals surface area contributed by atoms with Crippen LogP contribution in [0, 0.1) is 17.3 Å². The molecule has 0 amide bonds. The summed E-state index contributed by atoms with van der Waals surface area (Å²) < 4.78 is 24.5. The van der Waals surface area contributed by atoms with E-state index in [0.29, 0.717) is 16.8 Å². The quantitative estimate of drug-likeness (QED) is 0.322. The Bertz CT molecular complexity index is 1030. The second kappa shape index (κ2) is 17.1. The van der Waals surface area contributed by atoms with Gasteiger partial charge in [-0.2, -0.15) is 0 Å². The minimum absolute atomic E-state index is 0.0637. The predicted octanol–water partition coefficient (Wildman–Crippen LogP) is 7.14. The number of nitrogens with zero attached hydrogens (tertiary/aromatic N) is 2. The third kappa shape index (κ3) is 12.5. The average Bonchev–Trinajstić information content (AvgIpc) is 3.37. The second-order valence-electron chi connectivity index (χ2n) is 11.1. The fraction of sp³-hybridized carbons (Fsp3) is 0.742. The van der Waals surface area contributed by atoms with Gasteiger partial charge < -0.3 is 9.52 Å². The normalized spacial score (nSPS) is 18.8. The van der Waals surface area contributed by atoms with Gasteiger partial charge in [0, 0.05) is 44.1 Å². The lowest BCUT2D eigenvalue weighted by atomic mass is 9.88. The van der Waals surface area contributed by atoms with E-state index >= 15 is 0 Å². The van der Waals surface area contributed by atoms with E-state index in [1.165, 1.54) is 58.3 Å². The number of Topliss-reactive ketones (excluding diaryl/α,β-unsaturated/α-hetero) is 1. The van der Waals surface area contributed by atoms with Crippen LogP contribution < -0.4 is 0 Å². The predicted molar refractivity (Wildman–Crippen MR) is 162 cm³/mol. The fourth-order valence-corrected chi connectivity index (χ4v) is 5.59. The number of carbonyl (C=O) groups is 1. The number of hydrogen-bond acceptors (Lipinski definition) is 7. The molecule has 2 aliphatic rings. The Morgan fingerprint density at radius 3 is 2.15 bits per heavy atom. The molecule has 7 nitrogen and oxygen atoms in total. The smallest absolute Gasteiger partial charge is 0.194 e. The van der Waals surface area contributed by atoms with Crippen LogP contribution in [0.15, 0.2) is 28.9 Å². The largest absolute Gasteiger partial charge is 0.451 e. The van der Waals surface area contributed by atoms with Crippen molar-refractivity contribution in [2.24, 2.45) is 17.3 Å². The number of carbonyl (C=O) groups excluding carboxylic acids is 1. The van der Waals surface area contributed by atoms with Crippen LogP contribution in [0.3, 0.4) is 0 Å². The molecule has 1 aliphatic carbocycles. The molecular weight excluding hydrogens is 512 g/mol. The van der Waals surface area contributed by atoms with E-state index in [0.717, 1.165) is 49.2 Å². The second-order valence-corrected chi connectivity index (χ2v) is 13.4. The van der Waals surface area contributed by atoms with E-state index in [1.807, 2.05) is 19.9 Å². The number of piperidine rings is 1. The number of aliphatic hydroxyl groups is 1. The Hall–Kier alpha value is -1.77. The summed E-state index contributed by atoms with van der Waals surface area (Å²) in [6, 6.07) is 3.53. The zero-order chi connectivity index (χ0) is 29.6. The minimum Gasteiger partial charge on any atom is -0.451 e. The summed E-state index contributed by atoms with van der Waals surface area (Å²) in [4.78, 5) is 17.1. The molecule has 4 rings (SSSR count). The van der Waals surface area contributed by atoms with Crippen LogP contribution in [0.2, 0.25) is 0 Å². The van der Waals surface area contributed by atoms with Gasteiger partial charge >= 0.3 is 0 Å². The maximum Gasteiger partial charge on any atom is 0.194 e. The van der Waals surface area contributed by atoms with Crippen molar-refractivity contribution in [3.8, 4) is 0 Å². The molecule has 2 unspecified atom stereocenters. The first kappa shape index (κ1) is 35.3.